The highest BCUT2D eigenvalue weighted by Gasteiger charge is 2.38. The lowest BCUT2D eigenvalue weighted by Gasteiger charge is -2.39. The Balaban J connectivity index is 0.000000343. The van der Waals surface area contributed by atoms with Crippen LogP contribution in [-0.2, 0) is 22.6 Å². The van der Waals surface area contributed by atoms with Gasteiger partial charge in [-0.25, -0.2) is 9.59 Å². The molecule has 0 bridgehead atoms. The van der Waals surface area contributed by atoms with Crippen LogP contribution < -0.4 is 0 Å². The Hall–Kier alpha value is -2.00. The normalized spacial score (nSPS) is 18.3. The molecule has 8 nitrogen and oxygen atoms in total. The summed E-state index contributed by atoms with van der Waals surface area (Å²) in [5.41, 5.74) is 1.07. The van der Waals surface area contributed by atoms with Gasteiger partial charge in [-0.3, -0.25) is 9.80 Å². The number of thioether (sulfide) groups is 1. The van der Waals surface area contributed by atoms with Crippen molar-refractivity contribution in [2.24, 2.45) is 0 Å². The van der Waals surface area contributed by atoms with E-state index in [-0.39, 0.29) is 0 Å². The summed E-state index contributed by atoms with van der Waals surface area (Å²) in [5, 5.41) is 18.3. The number of hydrogen-bond donors (Lipinski definition) is 2. The highest BCUT2D eigenvalue weighted by molar-refractivity contribution is 7.99. The molecule has 196 valence electrons. The van der Waals surface area contributed by atoms with Crippen molar-refractivity contribution in [1.82, 2.24) is 15.0 Å². The molecule has 0 radical (unpaired) electrons. The average Bonchev–Trinajstić information content (AvgIpc) is 3.22. The molecule has 2 fully saturated rings. The zero-order valence-corrected chi connectivity index (χ0v) is 19.2. The van der Waals surface area contributed by atoms with Gasteiger partial charge in [-0.2, -0.15) is 38.1 Å². The first-order valence-electron chi connectivity index (χ1n) is 10.3. The molecule has 15 heteroatoms. The lowest BCUT2D eigenvalue weighted by Crippen LogP contribution is -2.47. The number of carboxylic acids is 2. The van der Waals surface area contributed by atoms with E-state index in [9.17, 15) is 26.3 Å². The molecular formula is C19H27F6N3O5S. The molecule has 0 aliphatic carbocycles. The summed E-state index contributed by atoms with van der Waals surface area (Å²) in [4.78, 5) is 23.0. The minimum absolute atomic E-state index is 0.813. The molecule has 1 aromatic heterocycles. The van der Waals surface area contributed by atoms with Crippen LogP contribution in [0.15, 0.2) is 10.6 Å². The lowest BCUT2D eigenvalue weighted by atomic mass is 10.0. The van der Waals surface area contributed by atoms with Crippen LogP contribution in [0.5, 0.6) is 0 Å². The third-order valence-corrected chi connectivity index (χ3v) is 5.90. The second kappa shape index (κ2) is 13.8. The number of rotatable bonds is 4. The Labute approximate surface area is 196 Å². The summed E-state index contributed by atoms with van der Waals surface area (Å²) in [5.74, 6) is -1.86. The molecule has 0 saturated carbocycles. The fourth-order valence-electron chi connectivity index (χ4n) is 3.20. The lowest BCUT2D eigenvalue weighted by molar-refractivity contribution is -0.193. The number of carboxylic acid groups (broad SMARTS) is 2. The molecule has 1 aromatic rings. The quantitative estimate of drug-likeness (QED) is 0.574. The van der Waals surface area contributed by atoms with Crippen molar-refractivity contribution in [3.8, 4) is 0 Å². The zero-order valence-electron chi connectivity index (χ0n) is 18.4. The van der Waals surface area contributed by atoms with Crippen molar-refractivity contribution in [1.29, 1.82) is 0 Å². The number of alkyl halides is 6. The molecule has 0 aromatic carbocycles. The van der Waals surface area contributed by atoms with Crippen molar-refractivity contribution in [2.75, 3.05) is 37.7 Å². The van der Waals surface area contributed by atoms with Crippen molar-refractivity contribution in [3.63, 3.8) is 0 Å². The number of aryl methyl sites for hydroxylation is 1. The van der Waals surface area contributed by atoms with Gasteiger partial charge in [0.25, 0.3) is 0 Å². The first-order chi connectivity index (χ1) is 15.7. The van der Waals surface area contributed by atoms with Crippen molar-refractivity contribution in [3.05, 3.63) is 17.5 Å². The predicted molar refractivity (Wildman–Crippen MR) is 110 cm³/mol. The molecule has 2 aliphatic heterocycles. The van der Waals surface area contributed by atoms with Gasteiger partial charge in [0.05, 0.1) is 12.2 Å². The Morgan fingerprint density at radius 2 is 1.50 bits per heavy atom. The van der Waals surface area contributed by atoms with Gasteiger partial charge in [0, 0.05) is 49.8 Å². The van der Waals surface area contributed by atoms with Crippen LogP contribution in [0, 0.1) is 0 Å². The topological polar surface area (TPSA) is 107 Å². The molecule has 2 N–H and O–H groups in total. The first-order valence-corrected chi connectivity index (χ1v) is 11.5. The van der Waals surface area contributed by atoms with E-state index in [1.165, 1.54) is 50.5 Å². The minimum Gasteiger partial charge on any atom is -0.475 e. The second-order valence-corrected chi connectivity index (χ2v) is 8.62. The van der Waals surface area contributed by atoms with E-state index >= 15 is 0 Å². The number of piperidine rings is 1. The van der Waals surface area contributed by atoms with E-state index < -0.39 is 24.3 Å². The molecule has 0 atom stereocenters. The smallest absolute Gasteiger partial charge is 0.475 e. The van der Waals surface area contributed by atoms with Gasteiger partial charge >= 0.3 is 24.3 Å². The summed E-state index contributed by atoms with van der Waals surface area (Å²) in [6.07, 6.45) is -6.60. The molecule has 34 heavy (non-hydrogen) atoms. The van der Waals surface area contributed by atoms with Gasteiger partial charge in [-0.05, 0) is 19.3 Å². The van der Waals surface area contributed by atoms with Crippen LogP contribution >= 0.6 is 11.8 Å². The SMILES string of the molecule is CCc1cc(CN2CCC(N3CCSCC3)CC2)on1.O=C(O)C(F)(F)F.O=C(O)C(F)(F)F. The van der Waals surface area contributed by atoms with E-state index in [4.69, 9.17) is 24.3 Å². The maximum Gasteiger partial charge on any atom is 0.490 e. The molecular weight excluding hydrogens is 496 g/mol. The van der Waals surface area contributed by atoms with Gasteiger partial charge in [-0.1, -0.05) is 12.1 Å². The number of carbonyl (C=O) groups is 2. The fraction of sp³-hybridized carbons (Fsp3) is 0.737. The number of nitrogens with zero attached hydrogens (tertiary/aromatic N) is 3. The zero-order chi connectivity index (χ0) is 25.9. The van der Waals surface area contributed by atoms with E-state index in [1.807, 2.05) is 0 Å². The Morgan fingerprint density at radius 1 is 1.03 bits per heavy atom. The van der Waals surface area contributed by atoms with Crippen molar-refractivity contribution < 1.29 is 50.7 Å². The summed E-state index contributed by atoms with van der Waals surface area (Å²) >= 11 is 2.10. The van der Waals surface area contributed by atoms with E-state index in [0.717, 1.165) is 30.5 Å². The number of aliphatic carboxylic acids is 2. The van der Waals surface area contributed by atoms with Crippen molar-refractivity contribution in [2.45, 2.75) is 51.1 Å². The standard InChI is InChI=1S/C15H25N3OS.2C2HF3O2/c1-2-13-11-15(19-16-13)12-17-5-3-14(4-6-17)18-7-9-20-10-8-18;2*3-2(4,5)1(6)7/h11,14H,2-10,12H2,1H3;2*(H,6,7). The van der Waals surface area contributed by atoms with Gasteiger partial charge in [0.15, 0.2) is 5.76 Å². The minimum atomic E-state index is -5.08. The first kappa shape index (κ1) is 30.0. The van der Waals surface area contributed by atoms with Crippen LogP contribution in [-0.4, -0.2) is 93.2 Å². The Kier molecular flexibility index (Phi) is 12.2. The molecule has 0 unspecified atom stereocenters. The molecule has 3 rings (SSSR count). The Morgan fingerprint density at radius 3 is 1.88 bits per heavy atom. The third-order valence-electron chi connectivity index (χ3n) is 4.95. The predicted octanol–water partition coefficient (Wildman–Crippen LogP) is 3.52. The van der Waals surface area contributed by atoms with Gasteiger partial charge in [0.2, 0.25) is 0 Å². The molecule has 0 amide bonds. The maximum atomic E-state index is 10.6. The van der Waals surface area contributed by atoms with Crippen LogP contribution in [0.3, 0.4) is 0 Å². The van der Waals surface area contributed by atoms with Gasteiger partial charge in [-0.15, -0.1) is 0 Å². The summed E-state index contributed by atoms with van der Waals surface area (Å²) in [7, 11) is 0. The van der Waals surface area contributed by atoms with Gasteiger partial charge < -0.3 is 14.7 Å². The summed E-state index contributed by atoms with van der Waals surface area (Å²) < 4.78 is 68.9. The fourth-order valence-corrected chi connectivity index (χ4v) is 4.13. The van der Waals surface area contributed by atoms with Crippen LogP contribution in [0.4, 0.5) is 26.3 Å². The van der Waals surface area contributed by atoms with Crippen molar-refractivity contribution >= 4 is 23.7 Å². The molecule has 0 spiro atoms. The molecule has 2 saturated heterocycles. The maximum absolute atomic E-state index is 10.6. The Bertz CT molecular complexity index is 736. The van der Waals surface area contributed by atoms with Crippen LogP contribution in [0.25, 0.3) is 0 Å². The molecule has 3 heterocycles. The highest BCUT2D eigenvalue weighted by atomic mass is 32.2. The number of aromatic nitrogens is 1. The van der Waals surface area contributed by atoms with Crippen LogP contribution in [0.2, 0.25) is 0 Å². The van der Waals surface area contributed by atoms with E-state index in [2.05, 4.69) is 39.7 Å². The van der Waals surface area contributed by atoms with Crippen LogP contribution in [0.1, 0.15) is 31.2 Å². The largest absolute Gasteiger partial charge is 0.490 e. The van der Waals surface area contributed by atoms with E-state index in [0.29, 0.717) is 0 Å². The third kappa shape index (κ3) is 11.4. The number of halogens is 6. The summed E-state index contributed by atoms with van der Waals surface area (Å²) in [6.45, 7) is 8.00. The molecule has 2 aliphatic rings. The monoisotopic (exact) mass is 523 g/mol. The summed E-state index contributed by atoms with van der Waals surface area (Å²) in [6, 6.07) is 2.92. The highest BCUT2D eigenvalue weighted by Crippen LogP contribution is 2.22. The average molecular weight is 523 g/mol. The van der Waals surface area contributed by atoms with E-state index in [1.54, 1.807) is 0 Å². The number of likely N-dealkylation sites (tertiary alicyclic amines) is 1. The van der Waals surface area contributed by atoms with Gasteiger partial charge in [0.1, 0.15) is 0 Å². The second-order valence-electron chi connectivity index (χ2n) is 7.40. The number of hydrogen-bond acceptors (Lipinski definition) is 7.